The fourth-order valence-corrected chi connectivity index (χ4v) is 11.4. The van der Waals surface area contributed by atoms with Crippen molar-refractivity contribution in [3.8, 4) is 0 Å². The van der Waals surface area contributed by atoms with Crippen molar-refractivity contribution in [2.75, 3.05) is 26.4 Å². The fourth-order valence-electron chi connectivity index (χ4n) is 10.6. The molecule has 0 rings (SSSR count). The SMILES string of the molecule is CCCCCCCCCCCCCC(C)C(=S)OCC(COC(=S)C(C)CCCCCCCCCCCCC)(COC(=S)C(C)CCCCCCCCCCCCC)COC(=S)C(C)CCCCCCCCCCCCC. The quantitative estimate of drug-likeness (QED) is 0.0441. The molecule has 0 heterocycles. The van der Waals surface area contributed by atoms with Crippen molar-refractivity contribution in [3.63, 3.8) is 0 Å². The van der Waals surface area contributed by atoms with Crippen molar-refractivity contribution in [2.45, 2.75) is 364 Å². The summed E-state index contributed by atoms with van der Waals surface area (Å²) in [5.74, 6) is 0.703. The molecule has 0 bridgehead atoms. The second-order valence-electron chi connectivity index (χ2n) is 24.8. The van der Waals surface area contributed by atoms with Crippen molar-refractivity contribution in [1.29, 1.82) is 0 Å². The third kappa shape index (κ3) is 48.8. The number of hydrogen-bond donors (Lipinski definition) is 0. The molecule has 0 spiro atoms. The molecule has 0 aliphatic carbocycles. The molecule has 8 heteroatoms. The van der Waals surface area contributed by atoms with E-state index < -0.39 is 5.41 Å². The van der Waals surface area contributed by atoms with Gasteiger partial charge in [-0.15, -0.1) is 0 Å². The molecule has 0 aliphatic heterocycles. The van der Waals surface area contributed by atoms with E-state index in [2.05, 4.69) is 55.4 Å². The average Bonchev–Trinajstić information content (AvgIpc) is 3.43. The van der Waals surface area contributed by atoms with Gasteiger partial charge in [0, 0.05) is 23.7 Å². The van der Waals surface area contributed by atoms with Crippen LogP contribution in [0.3, 0.4) is 0 Å². The number of hydrogen-bond acceptors (Lipinski definition) is 8. The van der Waals surface area contributed by atoms with E-state index in [9.17, 15) is 0 Å². The van der Waals surface area contributed by atoms with Crippen LogP contribution >= 0.6 is 48.9 Å². The minimum atomic E-state index is -0.721. The zero-order valence-electron chi connectivity index (χ0n) is 52.8. The largest absolute Gasteiger partial charge is 0.486 e. The first kappa shape index (κ1) is 76.6. The van der Waals surface area contributed by atoms with Crippen LogP contribution in [0.2, 0.25) is 0 Å². The molecule has 0 saturated carbocycles. The summed E-state index contributed by atoms with van der Waals surface area (Å²) < 4.78 is 26.8. The summed E-state index contributed by atoms with van der Waals surface area (Å²) in [5.41, 5.74) is -0.721. The van der Waals surface area contributed by atoms with Crippen molar-refractivity contribution in [2.24, 2.45) is 29.1 Å². The first-order chi connectivity index (χ1) is 37.5. The first-order valence-electron chi connectivity index (χ1n) is 34.1. The molecule has 0 amide bonds. The lowest BCUT2D eigenvalue weighted by Crippen LogP contribution is -2.44. The number of ether oxygens (including phenoxy) is 4. The van der Waals surface area contributed by atoms with E-state index in [1.165, 1.54) is 283 Å². The minimum Gasteiger partial charge on any atom is -0.486 e. The highest BCUT2D eigenvalue weighted by molar-refractivity contribution is 7.80. The second kappa shape index (κ2) is 57.4. The van der Waals surface area contributed by atoms with Crippen LogP contribution in [0, 0.1) is 29.1 Å². The van der Waals surface area contributed by atoms with Crippen molar-refractivity contribution >= 4 is 69.1 Å². The lowest BCUT2D eigenvalue weighted by molar-refractivity contribution is -0.0195. The molecule has 0 radical (unpaired) electrons. The Morgan fingerprint density at radius 1 is 0.234 bits per heavy atom. The molecule has 4 nitrogen and oxygen atoms in total. The van der Waals surface area contributed by atoms with Crippen LogP contribution < -0.4 is 0 Å². The van der Waals surface area contributed by atoms with Crippen LogP contribution in [0.1, 0.15) is 364 Å². The Morgan fingerprint density at radius 2 is 0.364 bits per heavy atom. The van der Waals surface area contributed by atoms with Gasteiger partial charge in [-0.1, -0.05) is 338 Å². The van der Waals surface area contributed by atoms with E-state index in [1.807, 2.05) is 0 Å². The van der Waals surface area contributed by atoms with Crippen LogP contribution in [-0.4, -0.2) is 46.6 Å². The van der Waals surface area contributed by atoms with E-state index in [0.717, 1.165) is 25.7 Å². The molecular weight excluding hydrogens is 1020 g/mol. The molecule has 0 aromatic rings. The van der Waals surface area contributed by atoms with Crippen molar-refractivity contribution in [3.05, 3.63) is 0 Å². The van der Waals surface area contributed by atoms with E-state index in [0.29, 0.717) is 46.6 Å². The van der Waals surface area contributed by atoms with E-state index in [1.54, 1.807) is 0 Å². The maximum atomic E-state index is 6.69. The van der Waals surface area contributed by atoms with Crippen molar-refractivity contribution in [1.82, 2.24) is 0 Å². The van der Waals surface area contributed by atoms with Gasteiger partial charge in [-0.05, 0) is 74.6 Å². The first-order valence-corrected chi connectivity index (χ1v) is 35.8. The third-order valence-corrected chi connectivity index (χ3v) is 18.7. The monoisotopic (exact) mass is 1150 g/mol. The number of rotatable bonds is 60. The van der Waals surface area contributed by atoms with Crippen LogP contribution in [0.15, 0.2) is 0 Å². The molecule has 0 aromatic heterocycles. The molecule has 77 heavy (non-hydrogen) atoms. The molecule has 456 valence electrons. The van der Waals surface area contributed by atoms with Gasteiger partial charge in [0.15, 0.2) is 20.2 Å². The average molecular weight is 1150 g/mol. The minimum absolute atomic E-state index is 0.176. The Morgan fingerprint density at radius 3 is 0.506 bits per heavy atom. The lowest BCUT2D eigenvalue weighted by atomic mass is 9.91. The molecule has 0 aliphatic rings. The maximum Gasteiger partial charge on any atom is 0.162 e. The Kier molecular flexibility index (Phi) is 57.1. The lowest BCUT2D eigenvalue weighted by Gasteiger charge is -2.35. The molecular formula is C69H132O4S4. The summed E-state index contributed by atoms with van der Waals surface area (Å²) in [7, 11) is 0. The van der Waals surface area contributed by atoms with Crippen LogP contribution in [0.25, 0.3) is 0 Å². The zero-order chi connectivity index (χ0) is 56.7. The maximum absolute atomic E-state index is 6.69. The van der Waals surface area contributed by atoms with Gasteiger partial charge in [0.1, 0.15) is 31.8 Å². The van der Waals surface area contributed by atoms with E-state index in [4.69, 9.17) is 67.8 Å². The van der Waals surface area contributed by atoms with E-state index >= 15 is 0 Å². The van der Waals surface area contributed by atoms with Gasteiger partial charge >= 0.3 is 0 Å². The summed E-state index contributed by atoms with van der Waals surface area (Å²) in [4.78, 5) is 0. The van der Waals surface area contributed by atoms with Gasteiger partial charge in [-0.3, -0.25) is 0 Å². The van der Waals surface area contributed by atoms with Crippen LogP contribution in [0.5, 0.6) is 0 Å². The smallest absolute Gasteiger partial charge is 0.162 e. The summed E-state index contributed by atoms with van der Waals surface area (Å²) in [6, 6.07) is 0. The van der Waals surface area contributed by atoms with Gasteiger partial charge in [0.2, 0.25) is 0 Å². The third-order valence-electron chi connectivity index (χ3n) is 16.7. The highest BCUT2D eigenvalue weighted by atomic mass is 32.1. The van der Waals surface area contributed by atoms with Gasteiger partial charge in [-0.2, -0.15) is 0 Å². The summed E-state index contributed by atoms with van der Waals surface area (Å²) >= 11 is 24.3. The Hall–Kier alpha value is -0.440. The van der Waals surface area contributed by atoms with Crippen LogP contribution in [0.4, 0.5) is 0 Å². The highest BCUT2D eigenvalue weighted by Gasteiger charge is 2.38. The summed E-state index contributed by atoms with van der Waals surface area (Å²) in [6.07, 6.45) is 62.9. The molecule has 0 saturated heterocycles. The standard InChI is InChI=1S/C69H132O4S4/c1-9-13-17-21-25-29-33-37-41-45-49-53-61(5)65(74)70-57-69(58-71-66(75)62(6)54-50-46-42-38-34-30-26-22-18-14-10-2,59-72-67(76)63(7)55-51-47-43-39-35-31-27-23-19-15-11-3)60-73-68(77)64(8)56-52-48-44-40-36-32-28-24-20-16-12-4/h61-64H,9-60H2,1-8H3. The number of thiocarbonyl (C=S) groups is 4. The Balaban J connectivity index is 5.86. The van der Waals surface area contributed by atoms with Crippen molar-refractivity contribution < 1.29 is 18.9 Å². The summed E-state index contributed by atoms with van der Waals surface area (Å²) in [5, 5.41) is 2.64. The fraction of sp³-hybridized carbons (Fsp3) is 0.942. The van der Waals surface area contributed by atoms with Gasteiger partial charge in [0.05, 0.1) is 0 Å². The number of unbranched alkanes of at least 4 members (excludes halogenated alkanes) is 40. The molecule has 0 aromatic carbocycles. The van der Waals surface area contributed by atoms with Gasteiger partial charge in [0.25, 0.3) is 0 Å². The molecule has 4 atom stereocenters. The Labute approximate surface area is 503 Å². The second-order valence-corrected chi connectivity index (χ2v) is 26.4. The topological polar surface area (TPSA) is 36.9 Å². The molecule has 0 fully saturated rings. The van der Waals surface area contributed by atoms with E-state index in [-0.39, 0.29) is 23.7 Å². The van der Waals surface area contributed by atoms with Gasteiger partial charge < -0.3 is 18.9 Å². The zero-order valence-corrected chi connectivity index (χ0v) is 56.1. The van der Waals surface area contributed by atoms with Gasteiger partial charge in [-0.25, -0.2) is 0 Å². The molecule has 0 N–H and O–H groups in total. The van der Waals surface area contributed by atoms with Crippen LogP contribution in [-0.2, 0) is 18.9 Å². The Bertz CT molecular complexity index is 1130. The normalized spacial score (nSPS) is 13.9. The highest BCUT2D eigenvalue weighted by Crippen LogP contribution is 2.28. The summed E-state index contributed by atoms with van der Waals surface area (Å²) in [6.45, 7) is 19.3. The predicted octanol–water partition coefficient (Wildman–Crippen LogP) is 24.7. The predicted molar refractivity (Wildman–Crippen MR) is 358 cm³/mol. The molecule has 4 unspecified atom stereocenters.